The smallest absolute Gasteiger partial charge is 0.0462 e. The predicted molar refractivity (Wildman–Crippen MR) is 73.4 cm³/mol. The highest BCUT2D eigenvalue weighted by atomic mass is 16.5. The van der Waals surface area contributed by atoms with Crippen LogP contribution in [0.5, 0.6) is 0 Å². The lowest BCUT2D eigenvalue weighted by Gasteiger charge is -2.17. The Labute approximate surface area is 105 Å². The monoisotopic (exact) mass is 235 g/mol. The van der Waals surface area contributed by atoms with Gasteiger partial charge in [-0.2, -0.15) is 0 Å². The van der Waals surface area contributed by atoms with Crippen LogP contribution in [0.15, 0.2) is 18.2 Å². The summed E-state index contributed by atoms with van der Waals surface area (Å²) in [5.41, 5.74) is 4.11. The summed E-state index contributed by atoms with van der Waals surface area (Å²) >= 11 is 0. The fraction of sp³-hybridized carbons (Fsp3) is 0.600. The van der Waals surface area contributed by atoms with Crippen LogP contribution in [0.1, 0.15) is 42.5 Å². The van der Waals surface area contributed by atoms with Crippen LogP contribution >= 0.6 is 0 Å². The fourth-order valence-electron chi connectivity index (χ4n) is 2.03. The third-order valence-electron chi connectivity index (χ3n) is 3.13. The highest BCUT2D eigenvalue weighted by Crippen LogP contribution is 2.18. The van der Waals surface area contributed by atoms with E-state index < -0.39 is 0 Å². The molecule has 0 spiro atoms. The molecule has 0 aliphatic heterocycles. The summed E-state index contributed by atoms with van der Waals surface area (Å²) in [6.45, 7) is 8.47. The van der Waals surface area contributed by atoms with Gasteiger partial charge in [0, 0.05) is 19.8 Å². The summed E-state index contributed by atoms with van der Waals surface area (Å²) in [5.74, 6) is 0. The van der Waals surface area contributed by atoms with E-state index >= 15 is 0 Å². The standard InChI is InChI=1S/C15H25NO/c1-12-7-8-13(2)15(11-12)14(3)16-9-5-6-10-17-4/h7-8,11,14,16H,5-6,9-10H2,1-4H3. The number of hydrogen-bond acceptors (Lipinski definition) is 2. The third-order valence-corrected chi connectivity index (χ3v) is 3.13. The van der Waals surface area contributed by atoms with Gasteiger partial charge in [0.25, 0.3) is 0 Å². The minimum Gasteiger partial charge on any atom is -0.385 e. The second kappa shape index (κ2) is 7.46. The molecule has 1 N–H and O–H groups in total. The van der Waals surface area contributed by atoms with Crippen molar-refractivity contribution in [1.82, 2.24) is 5.32 Å². The van der Waals surface area contributed by atoms with Gasteiger partial charge in [0.2, 0.25) is 0 Å². The summed E-state index contributed by atoms with van der Waals surface area (Å²) in [7, 11) is 1.76. The molecule has 0 bridgehead atoms. The zero-order valence-corrected chi connectivity index (χ0v) is 11.5. The van der Waals surface area contributed by atoms with Gasteiger partial charge in [0.1, 0.15) is 0 Å². The average molecular weight is 235 g/mol. The number of methoxy groups -OCH3 is 1. The van der Waals surface area contributed by atoms with Crippen molar-refractivity contribution in [2.75, 3.05) is 20.3 Å². The predicted octanol–water partition coefficient (Wildman–Crippen LogP) is 3.38. The molecule has 0 amide bonds. The lowest BCUT2D eigenvalue weighted by molar-refractivity contribution is 0.192. The molecule has 0 radical (unpaired) electrons. The van der Waals surface area contributed by atoms with Crippen molar-refractivity contribution in [2.24, 2.45) is 0 Å². The number of unbranched alkanes of at least 4 members (excludes halogenated alkanes) is 1. The van der Waals surface area contributed by atoms with Crippen LogP contribution in [0.4, 0.5) is 0 Å². The highest BCUT2D eigenvalue weighted by Gasteiger charge is 2.07. The Morgan fingerprint density at radius 1 is 1.24 bits per heavy atom. The van der Waals surface area contributed by atoms with Gasteiger partial charge in [0.05, 0.1) is 0 Å². The van der Waals surface area contributed by atoms with Crippen LogP contribution < -0.4 is 5.32 Å². The van der Waals surface area contributed by atoms with Gasteiger partial charge >= 0.3 is 0 Å². The average Bonchev–Trinajstić information content (AvgIpc) is 2.32. The molecule has 1 aromatic rings. The SMILES string of the molecule is COCCCCNC(C)c1cc(C)ccc1C. The molecule has 0 saturated carbocycles. The second-order valence-electron chi connectivity index (χ2n) is 4.74. The van der Waals surface area contributed by atoms with Gasteiger partial charge in [-0.3, -0.25) is 0 Å². The second-order valence-corrected chi connectivity index (χ2v) is 4.74. The normalized spacial score (nSPS) is 12.7. The summed E-state index contributed by atoms with van der Waals surface area (Å²) in [6.07, 6.45) is 2.30. The van der Waals surface area contributed by atoms with E-state index in [0.717, 1.165) is 19.6 Å². The van der Waals surface area contributed by atoms with E-state index in [-0.39, 0.29) is 0 Å². The van der Waals surface area contributed by atoms with Crippen molar-refractivity contribution in [2.45, 2.75) is 39.7 Å². The molecule has 1 aromatic carbocycles. The van der Waals surface area contributed by atoms with Gasteiger partial charge in [-0.15, -0.1) is 0 Å². The molecule has 1 atom stereocenters. The van der Waals surface area contributed by atoms with Gasteiger partial charge in [-0.1, -0.05) is 23.8 Å². The maximum absolute atomic E-state index is 5.04. The largest absolute Gasteiger partial charge is 0.385 e. The molecule has 0 saturated heterocycles. The summed E-state index contributed by atoms with van der Waals surface area (Å²) in [5, 5.41) is 3.57. The zero-order valence-electron chi connectivity index (χ0n) is 11.5. The fourth-order valence-corrected chi connectivity index (χ4v) is 2.03. The molecule has 0 fully saturated rings. The van der Waals surface area contributed by atoms with Crippen molar-refractivity contribution in [3.05, 3.63) is 34.9 Å². The molecule has 0 heterocycles. The van der Waals surface area contributed by atoms with Crippen molar-refractivity contribution in [1.29, 1.82) is 0 Å². The summed E-state index contributed by atoms with van der Waals surface area (Å²) in [6, 6.07) is 7.08. The number of benzene rings is 1. The molecule has 1 rings (SSSR count). The topological polar surface area (TPSA) is 21.3 Å². The molecular formula is C15H25NO. The first-order valence-corrected chi connectivity index (χ1v) is 6.44. The van der Waals surface area contributed by atoms with Gasteiger partial charge in [0.15, 0.2) is 0 Å². The van der Waals surface area contributed by atoms with Crippen LogP contribution in [-0.4, -0.2) is 20.3 Å². The Balaban J connectivity index is 2.41. The van der Waals surface area contributed by atoms with Crippen LogP contribution in [0.3, 0.4) is 0 Å². The van der Waals surface area contributed by atoms with Crippen LogP contribution in [0.2, 0.25) is 0 Å². The maximum Gasteiger partial charge on any atom is 0.0462 e. The lowest BCUT2D eigenvalue weighted by Crippen LogP contribution is -2.21. The van der Waals surface area contributed by atoms with Crippen molar-refractivity contribution in [3.63, 3.8) is 0 Å². The number of rotatable bonds is 7. The van der Waals surface area contributed by atoms with E-state index in [1.54, 1.807) is 7.11 Å². The molecule has 1 unspecified atom stereocenters. The van der Waals surface area contributed by atoms with Crippen LogP contribution in [0.25, 0.3) is 0 Å². The first kappa shape index (κ1) is 14.2. The Hall–Kier alpha value is -0.860. The van der Waals surface area contributed by atoms with Crippen molar-refractivity contribution < 1.29 is 4.74 Å². The zero-order chi connectivity index (χ0) is 12.7. The molecule has 2 nitrogen and oxygen atoms in total. The van der Waals surface area contributed by atoms with Crippen LogP contribution in [0, 0.1) is 13.8 Å². The molecular weight excluding hydrogens is 210 g/mol. The number of hydrogen-bond donors (Lipinski definition) is 1. The molecule has 2 heteroatoms. The maximum atomic E-state index is 5.04. The van der Waals surface area contributed by atoms with E-state index in [1.807, 2.05) is 0 Å². The van der Waals surface area contributed by atoms with Gasteiger partial charge < -0.3 is 10.1 Å². The summed E-state index contributed by atoms with van der Waals surface area (Å²) < 4.78 is 5.04. The number of ether oxygens (including phenoxy) is 1. The number of nitrogens with one attached hydrogen (secondary N) is 1. The Kier molecular flexibility index (Phi) is 6.23. The Morgan fingerprint density at radius 2 is 2.00 bits per heavy atom. The molecule has 96 valence electrons. The Morgan fingerprint density at radius 3 is 2.71 bits per heavy atom. The van der Waals surface area contributed by atoms with E-state index in [4.69, 9.17) is 4.74 Å². The first-order valence-electron chi connectivity index (χ1n) is 6.44. The minimum atomic E-state index is 0.428. The lowest BCUT2D eigenvalue weighted by atomic mass is 10.00. The van der Waals surface area contributed by atoms with E-state index in [2.05, 4.69) is 44.3 Å². The van der Waals surface area contributed by atoms with Crippen molar-refractivity contribution >= 4 is 0 Å². The first-order chi connectivity index (χ1) is 8.15. The molecule has 17 heavy (non-hydrogen) atoms. The number of aryl methyl sites for hydroxylation is 2. The van der Waals surface area contributed by atoms with E-state index in [1.165, 1.54) is 23.1 Å². The van der Waals surface area contributed by atoms with E-state index in [0.29, 0.717) is 6.04 Å². The molecule has 0 aliphatic rings. The van der Waals surface area contributed by atoms with Crippen LogP contribution in [-0.2, 0) is 4.74 Å². The molecule has 0 aliphatic carbocycles. The quantitative estimate of drug-likeness (QED) is 0.732. The van der Waals surface area contributed by atoms with Gasteiger partial charge in [-0.05, 0) is 51.3 Å². The highest BCUT2D eigenvalue weighted by molar-refractivity contribution is 5.32. The third kappa shape index (κ3) is 4.88. The summed E-state index contributed by atoms with van der Waals surface area (Å²) in [4.78, 5) is 0. The van der Waals surface area contributed by atoms with Gasteiger partial charge in [-0.25, -0.2) is 0 Å². The minimum absolute atomic E-state index is 0.428. The Bertz CT molecular complexity index is 336. The molecule has 0 aromatic heterocycles. The van der Waals surface area contributed by atoms with Crippen molar-refractivity contribution in [3.8, 4) is 0 Å². The van der Waals surface area contributed by atoms with E-state index in [9.17, 15) is 0 Å².